The maximum Gasteiger partial charge on any atom is 0.240 e. The number of rotatable bonds is 6. The third-order valence-electron chi connectivity index (χ3n) is 4.71. The summed E-state index contributed by atoms with van der Waals surface area (Å²) in [4.78, 5) is 0.234. The van der Waals surface area contributed by atoms with Crippen molar-refractivity contribution in [3.63, 3.8) is 0 Å². The molecule has 0 spiro atoms. The second kappa shape index (κ2) is 7.26. The van der Waals surface area contributed by atoms with Crippen molar-refractivity contribution in [3.8, 4) is 0 Å². The summed E-state index contributed by atoms with van der Waals surface area (Å²) in [5, 5.41) is 6.38. The molecule has 2 heterocycles. The van der Waals surface area contributed by atoms with E-state index in [0.717, 1.165) is 22.2 Å². The molecule has 0 aliphatic heterocycles. The predicted octanol–water partition coefficient (Wildman–Crippen LogP) is 3.81. The average Bonchev–Trinajstić information content (AvgIpc) is 3.32. The Bertz CT molecular complexity index is 1210. The van der Waals surface area contributed by atoms with Gasteiger partial charge < -0.3 is 4.42 Å². The number of nitrogens with one attached hydrogen (secondary N) is 1. The van der Waals surface area contributed by atoms with Crippen LogP contribution in [0.4, 0.5) is 0 Å². The van der Waals surface area contributed by atoms with E-state index in [0.29, 0.717) is 5.76 Å². The molecule has 28 heavy (non-hydrogen) atoms. The number of nitrogens with zero attached hydrogens (tertiary/aromatic N) is 2. The Hall–Kier alpha value is -2.90. The standard InChI is InChI=1S/C21H21N3O3S/c1-15-12-16(2)24(23-15)20(21-8-5-11-27-21)14-22-28(25,26)19-10-9-17-6-3-4-7-18(17)13-19/h3-13,20,22H,14H2,1-2H3. The van der Waals surface area contributed by atoms with Crippen molar-refractivity contribution in [1.29, 1.82) is 0 Å². The Morgan fingerprint density at radius 1 is 1.04 bits per heavy atom. The van der Waals surface area contributed by atoms with E-state index in [4.69, 9.17) is 4.42 Å². The molecule has 0 fully saturated rings. The molecule has 2 aromatic carbocycles. The second-order valence-electron chi connectivity index (χ2n) is 6.76. The highest BCUT2D eigenvalue weighted by molar-refractivity contribution is 7.89. The molecule has 1 atom stereocenters. The number of benzene rings is 2. The minimum Gasteiger partial charge on any atom is -0.467 e. The van der Waals surface area contributed by atoms with Crippen LogP contribution in [0.5, 0.6) is 0 Å². The fourth-order valence-electron chi connectivity index (χ4n) is 3.36. The Balaban J connectivity index is 1.63. The number of aromatic nitrogens is 2. The van der Waals surface area contributed by atoms with Crippen LogP contribution in [-0.2, 0) is 10.0 Å². The van der Waals surface area contributed by atoms with Crippen molar-refractivity contribution in [2.45, 2.75) is 24.8 Å². The minimum atomic E-state index is -3.68. The number of sulfonamides is 1. The Morgan fingerprint density at radius 3 is 2.50 bits per heavy atom. The zero-order valence-corrected chi connectivity index (χ0v) is 16.5. The molecule has 144 valence electrons. The number of hydrogen-bond acceptors (Lipinski definition) is 4. The molecular formula is C21H21N3O3S. The van der Waals surface area contributed by atoms with E-state index in [-0.39, 0.29) is 17.5 Å². The first kappa shape index (κ1) is 18.5. The summed E-state index contributed by atoms with van der Waals surface area (Å²) in [7, 11) is -3.68. The lowest BCUT2D eigenvalue weighted by Crippen LogP contribution is -2.32. The third kappa shape index (κ3) is 3.58. The first-order valence-electron chi connectivity index (χ1n) is 8.99. The van der Waals surface area contributed by atoms with E-state index in [1.807, 2.05) is 56.3 Å². The number of aryl methyl sites for hydroxylation is 2. The van der Waals surface area contributed by atoms with Gasteiger partial charge in [0.15, 0.2) is 0 Å². The summed E-state index contributed by atoms with van der Waals surface area (Å²) in [6.07, 6.45) is 1.58. The monoisotopic (exact) mass is 395 g/mol. The number of furan rings is 1. The number of fused-ring (bicyclic) bond motifs is 1. The fourth-order valence-corrected chi connectivity index (χ4v) is 4.43. The zero-order valence-electron chi connectivity index (χ0n) is 15.7. The smallest absolute Gasteiger partial charge is 0.240 e. The molecule has 0 saturated heterocycles. The van der Waals surface area contributed by atoms with Gasteiger partial charge in [-0.2, -0.15) is 5.10 Å². The van der Waals surface area contributed by atoms with Crippen molar-refractivity contribution >= 4 is 20.8 Å². The summed E-state index contributed by atoms with van der Waals surface area (Å²) < 4.78 is 35.9. The lowest BCUT2D eigenvalue weighted by Gasteiger charge is -2.18. The number of hydrogen-bond donors (Lipinski definition) is 1. The van der Waals surface area contributed by atoms with Gasteiger partial charge in [0.25, 0.3) is 0 Å². The molecule has 1 unspecified atom stereocenters. The Morgan fingerprint density at radius 2 is 1.82 bits per heavy atom. The van der Waals surface area contributed by atoms with E-state index in [9.17, 15) is 8.42 Å². The maximum absolute atomic E-state index is 12.9. The molecule has 2 aromatic heterocycles. The predicted molar refractivity (Wildman–Crippen MR) is 108 cm³/mol. The molecule has 0 radical (unpaired) electrons. The van der Waals surface area contributed by atoms with Gasteiger partial charge in [0.05, 0.1) is 16.9 Å². The molecular weight excluding hydrogens is 374 g/mol. The highest BCUT2D eigenvalue weighted by Crippen LogP contribution is 2.22. The highest BCUT2D eigenvalue weighted by atomic mass is 32.2. The van der Waals surface area contributed by atoms with Crippen LogP contribution in [0.3, 0.4) is 0 Å². The van der Waals surface area contributed by atoms with Crippen LogP contribution in [-0.4, -0.2) is 24.7 Å². The highest BCUT2D eigenvalue weighted by Gasteiger charge is 2.23. The molecule has 0 aliphatic carbocycles. The van der Waals surface area contributed by atoms with Crippen LogP contribution in [0.25, 0.3) is 10.8 Å². The topological polar surface area (TPSA) is 77.1 Å². The summed E-state index contributed by atoms with van der Waals surface area (Å²) in [6, 6.07) is 18.0. The second-order valence-corrected chi connectivity index (χ2v) is 8.53. The van der Waals surface area contributed by atoms with Crippen LogP contribution < -0.4 is 4.72 Å². The molecule has 0 saturated carbocycles. The molecule has 6 nitrogen and oxygen atoms in total. The van der Waals surface area contributed by atoms with Gasteiger partial charge >= 0.3 is 0 Å². The summed E-state index contributed by atoms with van der Waals surface area (Å²) in [6.45, 7) is 3.97. The average molecular weight is 395 g/mol. The summed E-state index contributed by atoms with van der Waals surface area (Å²) in [5.41, 5.74) is 1.80. The molecule has 1 N–H and O–H groups in total. The van der Waals surface area contributed by atoms with Gasteiger partial charge in [-0.3, -0.25) is 4.68 Å². The van der Waals surface area contributed by atoms with Gasteiger partial charge in [-0.25, -0.2) is 13.1 Å². The first-order valence-corrected chi connectivity index (χ1v) is 10.5. The van der Waals surface area contributed by atoms with E-state index < -0.39 is 10.0 Å². The van der Waals surface area contributed by atoms with E-state index >= 15 is 0 Å². The first-order chi connectivity index (χ1) is 13.4. The zero-order chi connectivity index (χ0) is 19.7. The van der Waals surface area contributed by atoms with Crippen LogP contribution in [0.1, 0.15) is 23.2 Å². The van der Waals surface area contributed by atoms with Crippen LogP contribution in [0, 0.1) is 13.8 Å². The van der Waals surface area contributed by atoms with Crippen molar-refractivity contribution in [3.05, 3.63) is 84.1 Å². The molecule has 7 heteroatoms. The van der Waals surface area contributed by atoms with E-state index in [1.54, 1.807) is 29.1 Å². The van der Waals surface area contributed by atoms with Crippen LogP contribution in [0.15, 0.2) is 76.2 Å². The van der Waals surface area contributed by atoms with Crippen LogP contribution >= 0.6 is 0 Å². The van der Waals surface area contributed by atoms with Gasteiger partial charge in [0.2, 0.25) is 10.0 Å². The summed E-state index contributed by atoms with van der Waals surface area (Å²) >= 11 is 0. The van der Waals surface area contributed by atoms with Gasteiger partial charge in [0, 0.05) is 12.2 Å². The normalized spacial score (nSPS) is 13.1. The van der Waals surface area contributed by atoms with Gasteiger partial charge in [-0.15, -0.1) is 0 Å². The summed E-state index contributed by atoms with van der Waals surface area (Å²) in [5.74, 6) is 0.646. The Kier molecular flexibility index (Phi) is 4.78. The van der Waals surface area contributed by atoms with Crippen molar-refractivity contribution < 1.29 is 12.8 Å². The van der Waals surface area contributed by atoms with Gasteiger partial charge in [-0.1, -0.05) is 30.3 Å². The quantitative estimate of drug-likeness (QED) is 0.538. The van der Waals surface area contributed by atoms with E-state index in [2.05, 4.69) is 9.82 Å². The van der Waals surface area contributed by atoms with Gasteiger partial charge in [0.1, 0.15) is 11.8 Å². The molecule has 4 rings (SSSR count). The van der Waals surface area contributed by atoms with Crippen molar-refractivity contribution in [1.82, 2.24) is 14.5 Å². The minimum absolute atomic E-state index is 0.130. The lowest BCUT2D eigenvalue weighted by atomic mass is 10.1. The van der Waals surface area contributed by atoms with Crippen LogP contribution in [0.2, 0.25) is 0 Å². The Labute approximate surface area is 163 Å². The largest absolute Gasteiger partial charge is 0.467 e. The SMILES string of the molecule is Cc1cc(C)n(C(CNS(=O)(=O)c2ccc3ccccc3c2)c2ccco2)n1. The van der Waals surface area contributed by atoms with E-state index in [1.165, 1.54) is 0 Å². The fraction of sp³-hybridized carbons (Fsp3) is 0.190. The molecule has 0 aliphatic rings. The van der Waals surface area contributed by atoms with Gasteiger partial charge in [-0.05, 0) is 55.0 Å². The van der Waals surface area contributed by atoms with Crippen molar-refractivity contribution in [2.24, 2.45) is 0 Å². The third-order valence-corrected chi connectivity index (χ3v) is 6.13. The van der Waals surface area contributed by atoms with Crippen molar-refractivity contribution in [2.75, 3.05) is 6.54 Å². The lowest BCUT2D eigenvalue weighted by molar-refractivity contribution is 0.397. The molecule has 0 bridgehead atoms. The maximum atomic E-state index is 12.9. The molecule has 4 aromatic rings. The molecule has 0 amide bonds.